The summed E-state index contributed by atoms with van der Waals surface area (Å²) in [5.41, 5.74) is -0.510. The standard InChI is InChI=1S/C12H13N3O5/c1-8-6-9(14-20-8)7-19-11(17)3-5-15-4-2-10(16)13-12(15)18/h2,4,6H,3,5,7H2,1H3,(H,13,16,18). The Balaban J connectivity index is 1.83. The van der Waals surface area contributed by atoms with Crippen LogP contribution in [0.15, 0.2) is 32.4 Å². The predicted octanol–water partition coefficient (Wildman–Crippen LogP) is -0.0335. The van der Waals surface area contributed by atoms with Crippen molar-refractivity contribution in [2.75, 3.05) is 0 Å². The van der Waals surface area contributed by atoms with Gasteiger partial charge in [-0.05, 0) is 6.92 Å². The Kier molecular flexibility index (Phi) is 4.14. The van der Waals surface area contributed by atoms with Gasteiger partial charge in [0.15, 0.2) is 0 Å². The van der Waals surface area contributed by atoms with Gasteiger partial charge in [0.25, 0.3) is 5.56 Å². The summed E-state index contributed by atoms with van der Waals surface area (Å²) in [6.45, 7) is 1.89. The molecule has 1 N–H and O–H groups in total. The van der Waals surface area contributed by atoms with Gasteiger partial charge in [-0.2, -0.15) is 0 Å². The minimum atomic E-state index is -0.558. The molecule has 2 aromatic rings. The number of carbonyl (C=O) groups is 1. The normalized spacial score (nSPS) is 10.4. The third kappa shape index (κ3) is 3.67. The quantitative estimate of drug-likeness (QED) is 0.770. The highest BCUT2D eigenvalue weighted by atomic mass is 16.5. The highest BCUT2D eigenvalue weighted by molar-refractivity contribution is 5.69. The van der Waals surface area contributed by atoms with Gasteiger partial charge in [0.2, 0.25) is 0 Å². The Morgan fingerprint density at radius 1 is 1.50 bits per heavy atom. The summed E-state index contributed by atoms with van der Waals surface area (Å²) < 4.78 is 11.0. The summed E-state index contributed by atoms with van der Waals surface area (Å²) in [7, 11) is 0. The monoisotopic (exact) mass is 279 g/mol. The van der Waals surface area contributed by atoms with Crippen molar-refractivity contribution in [3.63, 3.8) is 0 Å². The average molecular weight is 279 g/mol. The molecule has 2 heterocycles. The maximum atomic E-state index is 11.5. The number of hydrogen-bond donors (Lipinski definition) is 1. The summed E-state index contributed by atoms with van der Waals surface area (Å²) in [5, 5.41) is 3.68. The molecule has 0 unspecified atom stereocenters. The number of aromatic nitrogens is 3. The lowest BCUT2D eigenvalue weighted by atomic mass is 10.4. The molecule has 0 aliphatic rings. The van der Waals surface area contributed by atoms with E-state index in [1.807, 2.05) is 0 Å². The fourth-order valence-corrected chi connectivity index (χ4v) is 1.54. The minimum Gasteiger partial charge on any atom is -0.459 e. The van der Waals surface area contributed by atoms with E-state index in [-0.39, 0.29) is 19.6 Å². The molecule has 0 aliphatic heterocycles. The van der Waals surface area contributed by atoms with Crippen molar-refractivity contribution in [2.24, 2.45) is 0 Å². The molecule has 0 saturated heterocycles. The lowest BCUT2D eigenvalue weighted by Gasteiger charge is -2.04. The van der Waals surface area contributed by atoms with Crippen LogP contribution < -0.4 is 11.2 Å². The second kappa shape index (κ2) is 6.00. The van der Waals surface area contributed by atoms with Gasteiger partial charge in [-0.1, -0.05) is 5.16 Å². The largest absolute Gasteiger partial charge is 0.459 e. The molecular formula is C12H13N3O5. The molecule has 8 nitrogen and oxygen atoms in total. The third-order valence-corrected chi connectivity index (χ3v) is 2.51. The molecule has 0 radical (unpaired) electrons. The third-order valence-electron chi connectivity index (χ3n) is 2.51. The molecule has 0 fully saturated rings. The molecule has 0 saturated carbocycles. The zero-order valence-electron chi connectivity index (χ0n) is 10.8. The smallest absolute Gasteiger partial charge is 0.328 e. The van der Waals surface area contributed by atoms with E-state index in [0.717, 1.165) is 0 Å². The first-order valence-corrected chi connectivity index (χ1v) is 5.92. The lowest BCUT2D eigenvalue weighted by molar-refractivity contribution is -0.145. The Hall–Kier alpha value is -2.64. The number of aryl methyl sites for hydroxylation is 2. The molecule has 0 amide bonds. The molecule has 2 rings (SSSR count). The number of esters is 1. The first-order chi connectivity index (χ1) is 9.54. The number of rotatable bonds is 5. The van der Waals surface area contributed by atoms with Gasteiger partial charge in [0, 0.05) is 24.9 Å². The topological polar surface area (TPSA) is 107 Å². The van der Waals surface area contributed by atoms with E-state index < -0.39 is 17.2 Å². The van der Waals surface area contributed by atoms with E-state index in [9.17, 15) is 14.4 Å². The summed E-state index contributed by atoms with van der Waals surface area (Å²) in [6.07, 6.45) is 1.35. The zero-order chi connectivity index (χ0) is 14.5. The Morgan fingerprint density at radius 2 is 2.30 bits per heavy atom. The fraction of sp³-hybridized carbons (Fsp3) is 0.333. The van der Waals surface area contributed by atoms with Crippen molar-refractivity contribution in [3.8, 4) is 0 Å². The van der Waals surface area contributed by atoms with Gasteiger partial charge < -0.3 is 13.8 Å². The van der Waals surface area contributed by atoms with Gasteiger partial charge in [-0.25, -0.2) is 4.79 Å². The van der Waals surface area contributed by atoms with Crippen LogP contribution in [0.3, 0.4) is 0 Å². The molecule has 0 atom stereocenters. The average Bonchev–Trinajstić information content (AvgIpc) is 2.81. The first kappa shape index (κ1) is 13.8. The molecule has 0 aliphatic carbocycles. The SMILES string of the molecule is Cc1cc(COC(=O)CCn2ccc(=O)[nH]c2=O)no1. The van der Waals surface area contributed by atoms with Crippen LogP contribution in [-0.4, -0.2) is 20.7 Å². The van der Waals surface area contributed by atoms with Gasteiger partial charge in [0.05, 0.1) is 6.42 Å². The van der Waals surface area contributed by atoms with Crippen LogP contribution >= 0.6 is 0 Å². The molecule has 0 bridgehead atoms. The maximum absolute atomic E-state index is 11.5. The molecule has 0 aromatic carbocycles. The van der Waals surface area contributed by atoms with Crippen molar-refractivity contribution >= 4 is 5.97 Å². The highest BCUT2D eigenvalue weighted by Gasteiger charge is 2.07. The van der Waals surface area contributed by atoms with Crippen LogP contribution in [0, 0.1) is 6.92 Å². The number of aromatic amines is 1. The van der Waals surface area contributed by atoms with E-state index in [1.54, 1.807) is 13.0 Å². The van der Waals surface area contributed by atoms with Crippen LogP contribution in [0.2, 0.25) is 0 Å². The van der Waals surface area contributed by atoms with Gasteiger partial charge in [0.1, 0.15) is 18.1 Å². The first-order valence-electron chi connectivity index (χ1n) is 5.92. The molecular weight excluding hydrogens is 266 g/mol. The van der Waals surface area contributed by atoms with Crippen molar-refractivity contribution in [1.82, 2.24) is 14.7 Å². The number of nitrogens with one attached hydrogen (secondary N) is 1. The van der Waals surface area contributed by atoms with E-state index >= 15 is 0 Å². The number of carbonyl (C=O) groups excluding carboxylic acids is 1. The van der Waals surface area contributed by atoms with Crippen molar-refractivity contribution in [2.45, 2.75) is 26.5 Å². The van der Waals surface area contributed by atoms with Crippen molar-refractivity contribution in [3.05, 3.63) is 50.6 Å². The Morgan fingerprint density at radius 3 is 2.95 bits per heavy atom. The molecule has 20 heavy (non-hydrogen) atoms. The highest BCUT2D eigenvalue weighted by Crippen LogP contribution is 2.03. The molecule has 8 heteroatoms. The summed E-state index contributed by atoms with van der Waals surface area (Å²) >= 11 is 0. The molecule has 2 aromatic heterocycles. The summed E-state index contributed by atoms with van der Waals surface area (Å²) in [6, 6.07) is 2.88. The molecule has 106 valence electrons. The van der Waals surface area contributed by atoms with Gasteiger partial charge in [-0.3, -0.25) is 14.6 Å². The fourth-order valence-electron chi connectivity index (χ4n) is 1.54. The minimum absolute atomic E-state index is 0.0167. The van der Waals surface area contributed by atoms with Crippen molar-refractivity contribution < 1.29 is 14.1 Å². The zero-order valence-corrected chi connectivity index (χ0v) is 10.8. The summed E-state index contributed by atoms with van der Waals surface area (Å²) in [5.74, 6) is 0.166. The van der Waals surface area contributed by atoms with E-state index in [4.69, 9.17) is 9.26 Å². The second-order valence-electron chi connectivity index (χ2n) is 4.14. The Bertz CT molecular complexity index is 712. The van der Waals surface area contributed by atoms with Crippen LogP contribution in [0.1, 0.15) is 17.9 Å². The predicted molar refractivity (Wildman–Crippen MR) is 67.0 cm³/mol. The Labute approximate surface area is 113 Å². The number of nitrogens with zero attached hydrogens (tertiary/aromatic N) is 2. The maximum Gasteiger partial charge on any atom is 0.328 e. The second-order valence-corrected chi connectivity index (χ2v) is 4.14. The number of ether oxygens (including phenoxy) is 1. The van der Waals surface area contributed by atoms with Crippen LogP contribution in [0.4, 0.5) is 0 Å². The summed E-state index contributed by atoms with van der Waals surface area (Å²) in [4.78, 5) is 35.8. The van der Waals surface area contributed by atoms with Gasteiger partial charge >= 0.3 is 11.7 Å². The van der Waals surface area contributed by atoms with Crippen LogP contribution in [-0.2, 0) is 22.7 Å². The van der Waals surface area contributed by atoms with E-state index in [1.165, 1.54) is 16.8 Å². The van der Waals surface area contributed by atoms with Crippen LogP contribution in [0.5, 0.6) is 0 Å². The van der Waals surface area contributed by atoms with Gasteiger partial charge in [-0.15, -0.1) is 0 Å². The number of hydrogen-bond acceptors (Lipinski definition) is 6. The lowest BCUT2D eigenvalue weighted by Crippen LogP contribution is -2.29. The molecule has 0 spiro atoms. The van der Waals surface area contributed by atoms with Crippen LogP contribution in [0.25, 0.3) is 0 Å². The van der Waals surface area contributed by atoms with Crippen molar-refractivity contribution in [1.29, 1.82) is 0 Å². The van der Waals surface area contributed by atoms with E-state index in [0.29, 0.717) is 11.5 Å². The number of H-pyrrole nitrogens is 1. The van der Waals surface area contributed by atoms with E-state index in [2.05, 4.69) is 10.1 Å².